The van der Waals surface area contributed by atoms with Crippen LogP contribution in [0.3, 0.4) is 0 Å². The molecular formula is B2O6Y2. The maximum Gasteiger partial charge on any atom is 3.00 e. The maximum absolute atomic E-state index is 8.42. The van der Waals surface area contributed by atoms with Gasteiger partial charge in [-0.1, -0.05) is 0 Å². The summed E-state index contributed by atoms with van der Waals surface area (Å²) in [6.07, 6.45) is 0. The van der Waals surface area contributed by atoms with Crippen LogP contribution in [0.4, 0.5) is 0 Å². The molecule has 0 amide bonds. The fraction of sp³-hybridized carbons (Fsp3) is 0. The molecule has 48 valence electrons. The third-order valence-electron chi connectivity index (χ3n) is 0. The van der Waals surface area contributed by atoms with Gasteiger partial charge in [0, 0.05) is 0 Å². The van der Waals surface area contributed by atoms with Gasteiger partial charge in [-0.3, -0.25) is 14.6 Å². The smallest absolute Gasteiger partial charge is 0.907 e. The molecule has 0 rings (SSSR count). The quantitative estimate of drug-likeness (QED) is 0.407. The molecule has 0 spiro atoms. The van der Waals surface area contributed by atoms with Crippen LogP contribution in [-0.4, -0.2) is 14.6 Å². The first-order chi connectivity index (χ1) is 3.46. The van der Waals surface area contributed by atoms with Gasteiger partial charge in [0.15, 0.2) is 0 Å². The van der Waals surface area contributed by atoms with E-state index in [-0.39, 0.29) is 65.4 Å². The Labute approximate surface area is 109 Å². The van der Waals surface area contributed by atoms with Gasteiger partial charge in [0.25, 0.3) is 0 Å². The Kier molecular flexibility index (Phi) is 39.2. The summed E-state index contributed by atoms with van der Waals surface area (Å²) < 4.78 is 0. The molecule has 0 aliphatic carbocycles. The Morgan fingerprint density at radius 3 is 0.500 bits per heavy atom. The van der Waals surface area contributed by atoms with Gasteiger partial charge in [-0.2, -0.15) is 0 Å². The van der Waals surface area contributed by atoms with Crippen molar-refractivity contribution in [3.63, 3.8) is 0 Å². The zero-order chi connectivity index (χ0) is 7.15. The van der Waals surface area contributed by atoms with Crippen molar-refractivity contribution < 1.29 is 95.6 Å². The van der Waals surface area contributed by atoms with E-state index >= 15 is 0 Å². The predicted molar refractivity (Wildman–Crippen MR) is 11.5 cm³/mol. The summed E-state index contributed by atoms with van der Waals surface area (Å²) in [4.78, 5) is 0. The van der Waals surface area contributed by atoms with E-state index in [0.29, 0.717) is 0 Å². The average Bonchev–Trinajstić information content (AvgIpc) is 1.25. The summed E-state index contributed by atoms with van der Waals surface area (Å²) in [5, 5.41) is 50.5. The first kappa shape index (κ1) is 22.7. The van der Waals surface area contributed by atoms with Gasteiger partial charge >= 0.3 is 65.4 Å². The molecular weight excluding hydrogens is 295 g/mol. The normalized spacial score (nSPS) is 5.40. The van der Waals surface area contributed by atoms with E-state index in [1.54, 1.807) is 0 Å². The molecule has 10 heteroatoms. The molecule has 6 nitrogen and oxygen atoms in total. The van der Waals surface area contributed by atoms with Crippen LogP contribution < -0.4 is 30.1 Å². The molecule has 0 aliphatic rings. The fourth-order valence-corrected chi connectivity index (χ4v) is 0. The third kappa shape index (κ3) is 190. The number of hydrogen-bond donors (Lipinski definition) is 0. The third-order valence-corrected chi connectivity index (χ3v) is 0. The second-order valence-corrected chi connectivity index (χ2v) is 0.577. The summed E-state index contributed by atoms with van der Waals surface area (Å²) in [5.41, 5.74) is 0. The van der Waals surface area contributed by atoms with Crippen LogP contribution in [0.25, 0.3) is 0 Å². The summed E-state index contributed by atoms with van der Waals surface area (Å²) in [6.45, 7) is 0. The molecule has 0 radical (unpaired) electrons. The minimum absolute atomic E-state index is 0. The number of hydrogen-bond acceptors (Lipinski definition) is 6. The minimum atomic E-state index is -2.92. The molecule has 0 bridgehead atoms. The molecule has 0 aliphatic heterocycles. The van der Waals surface area contributed by atoms with Crippen LogP contribution in [-0.2, 0) is 65.4 Å². The SMILES string of the molecule is [O-]B([O-])[O-].[O-]B([O-])[O-].[Y+3].[Y+3]. The van der Waals surface area contributed by atoms with Crippen molar-refractivity contribution in [2.24, 2.45) is 0 Å². The van der Waals surface area contributed by atoms with Gasteiger partial charge in [-0.15, -0.1) is 0 Å². The Hall–Kier alpha value is 2.10. The zero-order valence-corrected chi connectivity index (χ0v) is 10.4. The average molecular weight is 295 g/mol. The Balaban J connectivity index is -0.0000000300. The molecule has 0 heterocycles. The van der Waals surface area contributed by atoms with Crippen LogP contribution in [0.2, 0.25) is 0 Å². The van der Waals surface area contributed by atoms with Crippen LogP contribution >= 0.6 is 0 Å². The standard InChI is InChI=1S/2BO3.2Y/c2*2-1(3)4;;/q2*-3;2*+3. The van der Waals surface area contributed by atoms with Crippen LogP contribution in [0.5, 0.6) is 0 Å². The van der Waals surface area contributed by atoms with E-state index in [4.69, 9.17) is 30.1 Å². The van der Waals surface area contributed by atoms with E-state index in [0.717, 1.165) is 0 Å². The Morgan fingerprint density at radius 1 is 0.500 bits per heavy atom. The monoisotopic (exact) mass is 296 g/mol. The van der Waals surface area contributed by atoms with Gasteiger partial charge < -0.3 is 30.1 Å². The summed E-state index contributed by atoms with van der Waals surface area (Å²) in [7, 11) is -5.83. The summed E-state index contributed by atoms with van der Waals surface area (Å²) >= 11 is 0. The maximum atomic E-state index is 8.42. The van der Waals surface area contributed by atoms with E-state index in [1.165, 1.54) is 0 Å². The first-order valence-electron chi connectivity index (χ1n) is 1.41. The van der Waals surface area contributed by atoms with Crippen molar-refractivity contribution in [3.05, 3.63) is 0 Å². The first-order valence-corrected chi connectivity index (χ1v) is 1.41. The van der Waals surface area contributed by atoms with Gasteiger partial charge in [0.05, 0.1) is 0 Å². The van der Waals surface area contributed by atoms with E-state index < -0.39 is 14.6 Å². The molecule has 0 saturated carbocycles. The van der Waals surface area contributed by atoms with Crippen LogP contribution in [0.15, 0.2) is 0 Å². The van der Waals surface area contributed by atoms with Gasteiger partial charge in [-0.25, -0.2) is 0 Å². The van der Waals surface area contributed by atoms with Crippen molar-refractivity contribution in [2.75, 3.05) is 0 Å². The molecule has 10 heavy (non-hydrogen) atoms. The molecule has 0 aromatic heterocycles. The van der Waals surface area contributed by atoms with Crippen molar-refractivity contribution in [3.8, 4) is 0 Å². The minimum Gasteiger partial charge on any atom is -0.907 e. The Morgan fingerprint density at radius 2 is 0.500 bits per heavy atom. The number of rotatable bonds is 0. The van der Waals surface area contributed by atoms with E-state index in [1.807, 2.05) is 0 Å². The van der Waals surface area contributed by atoms with Crippen molar-refractivity contribution in [2.45, 2.75) is 0 Å². The predicted octanol–water partition coefficient (Wildman–Crippen LogP) is -7.90. The van der Waals surface area contributed by atoms with E-state index in [2.05, 4.69) is 0 Å². The largest absolute Gasteiger partial charge is 3.00 e. The molecule has 0 unspecified atom stereocenters. The van der Waals surface area contributed by atoms with Crippen LogP contribution in [0.1, 0.15) is 0 Å². The fourth-order valence-electron chi connectivity index (χ4n) is 0. The van der Waals surface area contributed by atoms with Crippen LogP contribution in [0, 0.1) is 0 Å². The zero-order valence-electron chi connectivity index (χ0n) is 4.76. The van der Waals surface area contributed by atoms with Crippen molar-refractivity contribution >= 4 is 14.6 Å². The van der Waals surface area contributed by atoms with Gasteiger partial charge in [0.1, 0.15) is 0 Å². The topological polar surface area (TPSA) is 138 Å². The second kappa shape index (κ2) is 17.3. The van der Waals surface area contributed by atoms with Crippen molar-refractivity contribution in [1.82, 2.24) is 0 Å². The molecule has 0 saturated heterocycles. The molecule has 0 N–H and O–H groups in total. The summed E-state index contributed by atoms with van der Waals surface area (Å²) in [5.74, 6) is 0. The van der Waals surface area contributed by atoms with E-state index in [9.17, 15) is 0 Å². The summed E-state index contributed by atoms with van der Waals surface area (Å²) in [6, 6.07) is 0. The van der Waals surface area contributed by atoms with Crippen molar-refractivity contribution in [1.29, 1.82) is 0 Å². The molecule has 0 atom stereocenters. The molecule has 0 aromatic rings. The second-order valence-electron chi connectivity index (χ2n) is 0.577. The molecule has 0 fully saturated rings. The Bertz CT molecular complexity index is 29.2. The molecule has 0 aromatic carbocycles. The van der Waals surface area contributed by atoms with Gasteiger partial charge in [0.2, 0.25) is 0 Å². The van der Waals surface area contributed by atoms with Gasteiger partial charge in [-0.05, 0) is 0 Å².